The molecule has 0 atom stereocenters. The van der Waals surface area contributed by atoms with Gasteiger partial charge in [0.05, 0.1) is 18.6 Å². The molecule has 1 aliphatic heterocycles. The summed E-state index contributed by atoms with van der Waals surface area (Å²) >= 11 is 0. The van der Waals surface area contributed by atoms with Crippen molar-refractivity contribution >= 4 is 22.5 Å². The van der Waals surface area contributed by atoms with Crippen LogP contribution < -0.4 is 9.64 Å². The third kappa shape index (κ3) is 3.69. The molecular formula is C26H29N5O3. The lowest BCUT2D eigenvalue weighted by Crippen LogP contribution is -2.49. The Morgan fingerprint density at radius 2 is 1.68 bits per heavy atom. The Hall–Kier alpha value is -3.81. The zero-order valence-corrected chi connectivity index (χ0v) is 20.0. The first-order valence-electron chi connectivity index (χ1n) is 11.7. The summed E-state index contributed by atoms with van der Waals surface area (Å²) in [7, 11) is 0. The number of aryl methyl sites for hydroxylation is 3. The lowest BCUT2D eigenvalue weighted by molar-refractivity contribution is 0.0714. The van der Waals surface area contributed by atoms with Crippen molar-refractivity contribution in [3.05, 3.63) is 65.5 Å². The molecule has 3 aromatic heterocycles. The number of carbonyl (C=O) groups is 1. The Kier molecular flexibility index (Phi) is 5.73. The smallest absolute Gasteiger partial charge is 0.289 e. The van der Waals surface area contributed by atoms with Crippen LogP contribution in [-0.4, -0.2) is 58.4 Å². The second-order valence-corrected chi connectivity index (χ2v) is 8.55. The Morgan fingerprint density at radius 1 is 0.971 bits per heavy atom. The number of carbonyl (C=O) groups excluding carboxylic acids is 1. The molecule has 176 valence electrons. The molecule has 0 N–H and O–H groups in total. The minimum Gasteiger partial charge on any atom is -0.494 e. The van der Waals surface area contributed by atoms with Gasteiger partial charge in [-0.3, -0.25) is 4.79 Å². The molecule has 5 rings (SSSR count). The van der Waals surface area contributed by atoms with Gasteiger partial charge in [0, 0.05) is 54.0 Å². The molecule has 0 spiro atoms. The summed E-state index contributed by atoms with van der Waals surface area (Å²) in [6.45, 7) is 11.5. The lowest BCUT2D eigenvalue weighted by atomic mass is 10.1. The predicted octanol–water partition coefficient (Wildman–Crippen LogP) is 4.30. The van der Waals surface area contributed by atoms with Crippen molar-refractivity contribution < 1.29 is 13.9 Å². The highest BCUT2D eigenvalue weighted by Gasteiger charge is 2.28. The molecule has 0 saturated carbocycles. The second-order valence-electron chi connectivity index (χ2n) is 8.55. The molecule has 4 heterocycles. The van der Waals surface area contributed by atoms with E-state index in [1.165, 1.54) is 6.26 Å². The maximum Gasteiger partial charge on any atom is 0.289 e. The van der Waals surface area contributed by atoms with Crippen molar-refractivity contribution in [3.8, 4) is 11.4 Å². The van der Waals surface area contributed by atoms with Crippen molar-refractivity contribution in [3.63, 3.8) is 0 Å². The van der Waals surface area contributed by atoms with E-state index < -0.39 is 0 Å². The second kappa shape index (κ2) is 8.85. The van der Waals surface area contributed by atoms with Gasteiger partial charge in [0.2, 0.25) is 0 Å². The SMILES string of the molecule is CCOc1ccc(-n2c(C)c3c(C)nnc(N4CCN(C(=O)c5ccco5)CC4)c3c2C)cc1. The van der Waals surface area contributed by atoms with Crippen molar-refractivity contribution in [2.24, 2.45) is 0 Å². The number of benzene rings is 1. The van der Waals surface area contributed by atoms with E-state index in [0.717, 1.165) is 45.1 Å². The Labute approximate surface area is 198 Å². The van der Waals surface area contributed by atoms with Crippen molar-refractivity contribution in [2.75, 3.05) is 37.7 Å². The largest absolute Gasteiger partial charge is 0.494 e. The number of piperazine rings is 1. The molecule has 34 heavy (non-hydrogen) atoms. The van der Waals surface area contributed by atoms with Gasteiger partial charge >= 0.3 is 0 Å². The van der Waals surface area contributed by atoms with Gasteiger partial charge in [-0.05, 0) is 64.1 Å². The molecule has 8 heteroatoms. The number of nitrogens with zero attached hydrogens (tertiary/aromatic N) is 5. The molecule has 4 aromatic rings. The van der Waals surface area contributed by atoms with E-state index in [2.05, 4.69) is 45.6 Å². The number of amides is 1. The molecule has 1 aliphatic rings. The summed E-state index contributed by atoms with van der Waals surface area (Å²) in [5, 5.41) is 11.4. The van der Waals surface area contributed by atoms with E-state index in [9.17, 15) is 4.79 Å². The average Bonchev–Trinajstić information content (AvgIpc) is 3.48. The highest BCUT2D eigenvalue weighted by Crippen LogP contribution is 2.36. The summed E-state index contributed by atoms with van der Waals surface area (Å²) in [4.78, 5) is 16.7. The molecular weight excluding hydrogens is 430 g/mol. The number of aromatic nitrogens is 3. The Balaban J connectivity index is 1.48. The van der Waals surface area contributed by atoms with Crippen LogP contribution in [-0.2, 0) is 0 Å². The van der Waals surface area contributed by atoms with Crippen LogP contribution in [0.3, 0.4) is 0 Å². The van der Waals surface area contributed by atoms with Crippen LogP contribution in [0.1, 0.15) is 34.6 Å². The normalized spacial score (nSPS) is 14.1. The molecule has 0 unspecified atom stereocenters. The number of rotatable bonds is 5. The van der Waals surface area contributed by atoms with Gasteiger partial charge in [0.1, 0.15) is 5.75 Å². The quantitative estimate of drug-likeness (QED) is 0.443. The lowest BCUT2D eigenvalue weighted by Gasteiger charge is -2.35. The Morgan fingerprint density at radius 3 is 2.32 bits per heavy atom. The van der Waals surface area contributed by atoms with Crippen molar-refractivity contribution in [1.82, 2.24) is 19.7 Å². The maximum absolute atomic E-state index is 12.7. The van der Waals surface area contributed by atoms with Crippen LogP contribution in [0.15, 0.2) is 47.1 Å². The highest BCUT2D eigenvalue weighted by molar-refractivity contribution is 5.99. The number of furan rings is 1. The van der Waals surface area contributed by atoms with Crippen molar-refractivity contribution in [2.45, 2.75) is 27.7 Å². The first-order chi connectivity index (χ1) is 16.5. The zero-order chi connectivity index (χ0) is 23.8. The fourth-order valence-electron chi connectivity index (χ4n) is 4.92. The third-order valence-electron chi connectivity index (χ3n) is 6.53. The Bertz CT molecular complexity index is 1320. The minimum atomic E-state index is -0.0709. The summed E-state index contributed by atoms with van der Waals surface area (Å²) < 4.78 is 13.2. The van der Waals surface area contributed by atoms with Gasteiger partial charge in [0.25, 0.3) is 5.91 Å². The monoisotopic (exact) mass is 459 g/mol. The van der Waals surface area contributed by atoms with Crippen LogP contribution in [0, 0.1) is 20.8 Å². The number of fused-ring (bicyclic) bond motifs is 1. The molecule has 1 amide bonds. The molecule has 0 radical (unpaired) electrons. The summed E-state index contributed by atoms with van der Waals surface area (Å²) in [6.07, 6.45) is 1.53. The van der Waals surface area contributed by atoms with Gasteiger partial charge in [-0.15, -0.1) is 5.10 Å². The van der Waals surface area contributed by atoms with E-state index in [1.54, 1.807) is 12.1 Å². The molecule has 0 aliphatic carbocycles. The van der Waals surface area contributed by atoms with E-state index in [-0.39, 0.29) is 5.91 Å². The van der Waals surface area contributed by atoms with Gasteiger partial charge in [-0.1, -0.05) is 0 Å². The van der Waals surface area contributed by atoms with Gasteiger partial charge < -0.3 is 23.5 Å². The van der Waals surface area contributed by atoms with E-state index in [0.29, 0.717) is 38.5 Å². The summed E-state index contributed by atoms with van der Waals surface area (Å²) in [5.74, 6) is 2.04. The molecule has 1 saturated heterocycles. The predicted molar refractivity (Wildman–Crippen MR) is 131 cm³/mol. The van der Waals surface area contributed by atoms with Crippen LogP contribution in [0.25, 0.3) is 16.5 Å². The number of hydrogen-bond acceptors (Lipinski definition) is 6. The van der Waals surface area contributed by atoms with Gasteiger partial charge in [-0.25, -0.2) is 0 Å². The fraction of sp³-hybridized carbons (Fsp3) is 0.346. The first-order valence-corrected chi connectivity index (χ1v) is 11.7. The van der Waals surface area contributed by atoms with Crippen LogP contribution in [0.2, 0.25) is 0 Å². The zero-order valence-electron chi connectivity index (χ0n) is 20.0. The summed E-state index contributed by atoms with van der Waals surface area (Å²) in [6, 6.07) is 11.6. The van der Waals surface area contributed by atoms with E-state index >= 15 is 0 Å². The first kappa shape index (κ1) is 22.0. The topological polar surface area (TPSA) is 76.6 Å². The van der Waals surface area contributed by atoms with Crippen LogP contribution in [0.5, 0.6) is 5.75 Å². The third-order valence-corrected chi connectivity index (χ3v) is 6.53. The minimum absolute atomic E-state index is 0.0709. The van der Waals surface area contributed by atoms with Gasteiger partial charge in [0.15, 0.2) is 11.6 Å². The van der Waals surface area contributed by atoms with Crippen LogP contribution in [0.4, 0.5) is 5.82 Å². The van der Waals surface area contributed by atoms with Gasteiger partial charge in [-0.2, -0.15) is 5.10 Å². The van der Waals surface area contributed by atoms with Crippen molar-refractivity contribution in [1.29, 1.82) is 0 Å². The highest BCUT2D eigenvalue weighted by atomic mass is 16.5. The summed E-state index contributed by atoms with van der Waals surface area (Å²) in [5.41, 5.74) is 4.25. The standard InChI is InChI=1S/C26H29N5O3/c1-5-33-21-10-8-20(9-11-21)31-18(3)23-17(2)27-28-25(24(23)19(31)4)29-12-14-30(15-13-29)26(32)22-7-6-16-34-22/h6-11,16H,5,12-15H2,1-4H3. The fourth-order valence-corrected chi connectivity index (χ4v) is 4.92. The number of ether oxygens (including phenoxy) is 1. The number of hydrogen-bond donors (Lipinski definition) is 0. The average molecular weight is 460 g/mol. The molecule has 1 fully saturated rings. The molecule has 8 nitrogen and oxygen atoms in total. The maximum atomic E-state index is 12.7. The van der Waals surface area contributed by atoms with Crippen LogP contribution >= 0.6 is 0 Å². The molecule has 1 aromatic carbocycles. The van der Waals surface area contributed by atoms with E-state index in [4.69, 9.17) is 9.15 Å². The van der Waals surface area contributed by atoms with E-state index in [1.807, 2.05) is 30.9 Å². The number of anilines is 1. The molecule has 0 bridgehead atoms.